The summed E-state index contributed by atoms with van der Waals surface area (Å²) in [5, 5.41) is 8.50. The van der Waals surface area contributed by atoms with Crippen LogP contribution >= 0.6 is 0 Å². The first-order chi connectivity index (χ1) is 11.8. The number of methoxy groups -OCH3 is 1. The third-order valence-corrected chi connectivity index (χ3v) is 5.23. The van der Waals surface area contributed by atoms with Gasteiger partial charge in [-0.1, -0.05) is 30.7 Å². The maximum atomic E-state index is 5.15. The van der Waals surface area contributed by atoms with Crippen molar-refractivity contribution in [2.24, 2.45) is 0 Å². The van der Waals surface area contributed by atoms with Crippen LogP contribution in [0, 0.1) is 0 Å². The Morgan fingerprint density at radius 2 is 2.12 bits per heavy atom. The molecule has 1 aliphatic heterocycles. The van der Waals surface area contributed by atoms with Crippen molar-refractivity contribution in [3.05, 3.63) is 47.0 Å². The Kier molecular flexibility index (Phi) is 4.63. The molecule has 1 aliphatic carbocycles. The summed E-state index contributed by atoms with van der Waals surface area (Å²) in [6.07, 6.45) is 7.16. The molecule has 2 aromatic rings. The van der Waals surface area contributed by atoms with Crippen molar-refractivity contribution in [2.75, 3.05) is 7.11 Å². The lowest BCUT2D eigenvalue weighted by atomic mass is 9.97. The fourth-order valence-electron chi connectivity index (χ4n) is 4.07. The molecule has 0 amide bonds. The molecule has 1 aromatic heterocycles. The maximum Gasteiger partial charge on any atom is 0.176 e. The molecule has 2 heterocycles. The number of rotatable bonds is 4. The third kappa shape index (κ3) is 3.23. The second-order valence-electron chi connectivity index (χ2n) is 6.96. The van der Waals surface area contributed by atoms with Gasteiger partial charge in [-0.3, -0.25) is 0 Å². The molecule has 2 atom stereocenters. The van der Waals surface area contributed by atoms with E-state index in [2.05, 4.69) is 44.3 Å². The van der Waals surface area contributed by atoms with Gasteiger partial charge in [-0.05, 0) is 36.8 Å². The molecular formula is C19H26N4O. The van der Waals surface area contributed by atoms with E-state index in [-0.39, 0.29) is 0 Å². The normalized spacial score (nSPS) is 23.4. The minimum Gasteiger partial charge on any atom is -0.377 e. The molecule has 4 rings (SSSR count). The Morgan fingerprint density at radius 1 is 1.21 bits per heavy atom. The lowest BCUT2D eigenvalue weighted by Crippen LogP contribution is -2.40. The lowest BCUT2D eigenvalue weighted by molar-refractivity contribution is 0.177. The van der Waals surface area contributed by atoms with E-state index in [0.29, 0.717) is 18.7 Å². The average Bonchev–Trinajstić information content (AvgIpc) is 2.88. The zero-order chi connectivity index (χ0) is 16.4. The van der Waals surface area contributed by atoms with E-state index in [4.69, 9.17) is 4.74 Å². The molecule has 0 radical (unpaired) electrons. The molecule has 1 N–H and O–H groups in total. The highest BCUT2D eigenvalue weighted by molar-refractivity contribution is 5.31. The summed E-state index contributed by atoms with van der Waals surface area (Å²) in [6, 6.07) is 9.87. The van der Waals surface area contributed by atoms with Crippen molar-refractivity contribution in [1.29, 1.82) is 0 Å². The summed E-state index contributed by atoms with van der Waals surface area (Å²) in [5.41, 5.74) is 3.02. The molecule has 0 saturated carbocycles. The molecule has 0 fully saturated rings. The number of ether oxygens (including phenoxy) is 1. The van der Waals surface area contributed by atoms with Crippen LogP contribution in [-0.4, -0.2) is 27.9 Å². The van der Waals surface area contributed by atoms with Crippen molar-refractivity contribution in [1.82, 2.24) is 20.1 Å². The van der Waals surface area contributed by atoms with Crippen LogP contribution in [0.4, 0.5) is 0 Å². The Morgan fingerprint density at radius 3 is 3.04 bits per heavy atom. The first-order valence-electron chi connectivity index (χ1n) is 9.09. The highest BCUT2D eigenvalue weighted by atomic mass is 16.5. The number of benzene rings is 1. The van der Waals surface area contributed by atoms with Crippen LogP contribution in [0.1, 0.15) is 54.5 Å². The van der Waals surface area contributed by atoms with E-state index in [1.165, 1.54) is 36.8 Å². The first-order valence-corrected chi connectivity index (χ1v) is 9.09. The average molecular weight is 326 g/mol. The summed E-state index contributed by atoms with van der Waals surface area (Å²) in [4.78, 5) is 4.57. The Labute approximate surface area is 143 Å². The number of aryl methyl sites for hydroxylation is 2. The van der Waals surface area contributed by atoms with Gasteiger partial charge in [0.25, 0.3) is 0 Å². The van der Waals surface area contributed by atoms with Crippen LogP contribution in [0.2, 0.25) is 0 Å². The molecule has 2 aliphatic rings. The number of hydrogen-bond donors (Lipinski definition) is 1. The monoisotopic (exact) mass is 326 g/mol. The van der Waals surface area contributed by atoms with Crippen molar-refractivity contribution in [2.45, 2.75) is 63.8 Å². The lowest BCUT2D eigenvalue weighted by Gasteiger charge is -2.29. The van der Waals surface area contributed by atoms with Gasteiger partial charge in [0.1, 0.15) is 12.4 Å². The van der Waals surface area contributed by atoms with E-state index >= 15 is 0 Å². The predicted octanol–water partition coefficient (Wildman–Crippen LogP) is 2.80. The van der Waals surface area contributed by atoms with E-state index in [0.717, 1.165) is 31.0 Å². The molecule has 0 bridgehead atoms. The van der Waals surface area contributed by atoms with Crippen molar-refractivity contribution in [3.63, 3.8) is 0 Å². The van der Waals surface area contributed by atoms with Gasteiger partial charge < -0.3 is 10.1 Å². The Balaban J connectivity index is 1.48. The number of nitrogens with one attached hydrogen (secondary N) is 1. The summed E-state index contributed by atoms with van der Waals surface area (Å²) in [6.45, 7) is 1.40. The van der Waals surface area contributed by atoms with Crippen molar-refractivity contribution >= 4 is 0 Å². The quantitative estimate of drug-likeness (QED) is 0.878. The minimum atomic E-state index is 0.464. The zero-order valence-electron chi connectivity index (χ0n) is 14.4. The van der Waals surface area contributed by atoms with Crippen LogP contribution in [0.25, 0.3) is 0 Å². The number of nitrogens with zero attached hydrogens (tertiary/aromatic N) is 3. The predicted molar refractivity (Wildman–Crippen MR) is 92.7 cm³/mol. The largest absolute Gasteiger partial charge is 0.377 e. The van der Waals surface area contributed by atoms with Gasteiger partial charge in [0.2, 0.25) is 0 Å². The SMILES string of the molecule is COCc1nc2n(n1)C[C@H](N[C@H]1CCCCc3ccccc31)CC2. The zero-order valence-corrected chi connectivity index (χ0v) is 14.4. The van der Waals surface area contributed by atoms with Crippen LogP contribution in [0.3, 0.4) is 0 Å². The van der Waals surface area contributed by atoms with E-state index in [1.807, 2.05) is 0 Å². The minimum absolute atomic E-state index is 0.464. The Hall–Kier alpha value is -1.72. The van der Waals surface area contributed by atoms with Gasteiger partial charge in [0, 0.05) is 25.6 Å². The van der Waals surface area contributed by atoms with Crippen LogP contribution in [0.5, 0.6) is 0 Å². The standard InChI is InChI=1S/C19H26N4O/c1-24-13-18-21-19-11-10-15(12-23(19)22-18)20-17-9-5-3-7-14-6-2-4-8-16(14)17/h2,4,6,8,15,17,20H,3,5,7,9-13H2,1H3/t15-,17+/m1/s1. The topological polar surface area (TPSA) is 52.0 Å². The second kappa shape index (κ2) is 7.03. The molecule has 0 saturated heterocycles. The van der Waals surface area contributed by atoms with Gasteiger partial charge in [-0.15, -0.1) is 0 Å². The van der Waals surface area contributed by atoms with Gasteiger partial charge in [-0.2, -0.15) is 5.10 Å². The summed E-state index contributed by atoms with van der Waals surface area (Å²) in [5.74, 6) is 1.90. The molecule has 5 nitrogen and oxygen atoms in total. The molecular weight excluding hydrogens is 300 g/mol. The fraction of sp³-hybridized carbons (Fsp3) is 0.579. The summed E-state index contributed by atoms with van der Waals surface area (Å²) in [7, 11) is 1.69. The smallest absolute Gasteiger partial charge is 0.176 e. The second-order valence-corrected chi connectivity index (χ2v) is 6.96. The highest BCUT2D eigenvalue weighted by Crippen LogP contribution is 2.29. The first kappa shape index (κ1) is 15.8. The van der Waals surface area contributed by atoms with Crippen LogP contribution in [-0.2, 0) is 30.7 Å². The number of hydrogen-bond acceptors (Lipinski definition) is 4. The summed E-state index contributed by atoms with van der Waals surface area (Å²) < 4.78 is 7.22. The van der Waals surface area contributed by atoms with Gasteiger partial charge >= 0.3 is 0 Å². The number of aromatic nitrogens is 3. The van der Waals surface area contributed by atoms with Crippen LogP contribution in [0.15, 0.2) is 24.3 Å². The summed E-state index contributed by atoms with van der Waals surface area (Å²) >= 11 is 0. The molecule has 24 heavy (non-hydrogen) atoms. The fourth-order valence-corrected chi connectivity index (χ4v) is 4.07. The highest BCUT2D eigenvalue weighted by Gasteiger charge is 2.26. The molecule has 0 spiro atoms. The Bertz CT molecular complexity index is 696. The third-order valence-electron chi connectivity index (χ3n) is 5.23. The van der Waals surface area contributed by atoms with Gasteiger partial charge in [-0.25, -0.2) is 9.67 Å². The van der Waals surface area contributed by atoms with Gasteiger partial charge in [0.15, 0.2) is 5.82 Å². The van der Waals surface area contributed by atoms with Crippen LogP contribution < -0.4 is 5.32 Å². The van der Waals surface area contributed by atoms with E-state index in [9.17, 15) is 0 Å². The molecule has 5 heteroatoms. The maximum absolute atomic E-state index is 5.15. The van der Waals surface area contributed by atoms with Crippen molar-refractivity contribution in [3.8, 4) is 0 Å². The van der Waals surface area contributed by atoms with E-state index in [1.54, 1.807) is 7.11 Å². The molecule has 0 unspecified atom stereocenters. The van der Waals surface area contributed by atoms with E-state index < -0.39 is 0 Å². The van der Waals surface area contributed by atoms with Gasteiger partial charge in [0.05, 0.1) is 6.54 Å². The van der Waals surface area contributed by atoms with Crippen molar-refractivity contribution < 1.29 is 4.74 Å². The molecule has 1 aromatic carbocycles. The molecule has 128 valence electrons. The number of fused-ring (bicyclic) bond motifs is 2.